The molecule has 0 fully saturated rings. The lowest BCUT2D eigenvalue weighted by Crippen LogP contribution is -2.29. The Kier molecular flexibility index (Phi) is 5.37. The summed E-state index contributed by atoms with van der Waals surface area (Å²) in [6.07, 6.45) is -0.161. The average molecular weight is 316 g/mol. The first kappa shape index (κ1) is 13.9. The standard InChI is InChI=1S/C11H14BrN3OS/c1-7(14-15-11(13)17)8(2)16-10-5-3-4-9(12)6-10/h3-6,8H,1-2H3,(H3,13,15,17)/b14-7+. The van der Waals surface area contributed by atoms with Crippen molar-refractivity contribution in [2.75, 3.05) is 0 Å². The van der Waals surface area contributed by atoms with Crippen LogP contribution in [-0.2, 0) is 0 Å². The van der Waals surface area contributed by atoms with Crippen LogP contribution in [0.1, 0.15) is 13.8 Å². The number of halogens is 1. The van der Waals surface area contributed by atoms with Crippen LogP contribution in [0.15, 0.2) is 33.8 Å². The molecule has 4 nitrogen and oxygen atoms in total. The van der Waals surface area contributed by atoms with Crippen LogP contribution < -0.4 is 15.9 Å². The van der Waals surface area contributed by atoms with Crippen molar-refractivity contribution >= 4 is 39.0 Å². The van der Waals surface area contributed by atoms with E-state index in [2.05, 4.69) is 38.7 Å². The molecule has 1 unspecified atom stereocenters. The number of hydrogen-bond donors (Lipinski definition) is 2. The molecule has 0 aliphatic carbocycles. The van der Waals surface area contributed by atoms with Crippen molar-refractivity contribution in [2.24, 2.45) is 10.8 Å². The highest BCUT2D eigenvalue weighted by molar-refractivity contribution is 9.10. The van der Waals surface area contributed by atoms with Gasteiger partial charge in [-0.3, -0.25) is 5.43 Å². The summed E-state index contributed by atoms with van der Waals surface area (Å²) in [5.41, 5.74) is 8.57. The van der Waals surface area contributed by atoms with Gasteiger partial charge in [0.05, 0.1) is 5.71 Å². The highest BCUT2D eigenvalue weighted by atomic mass is 79.9. The largest absolute Gasteiger partial charge is 0.485 e. The number of hydrogen-bond acceptors (Lipinski definition) is 3. The molecule has 92 valence electrons. The number of nitrogens with two attached hydrogens (primary N) is 1. The molecular formula is C11H14BrN3OS. The Balaban J connectivity index is 2.62. The molecule has 1 aromatic rings. The third kappa shape index (κ3) is 5.14. The highest BCUT2D eigenvalue weighted by Crippen LogP contribution is 2.19. The van der Waals surface area contributed by atoms with Gasteiger partial charge in [0.1, 0.15) is 11.9 Å². The monoisotopic (exact) mass is 315 g/mol. The normalized spacial score (nSPS) is 13.0. The fraction of sp³-hybridized carbons (Fsp3) is 0.273. The van der Waals surface area contributed by atoms with Gasteiger partial charge >= 0.3 is 0 Å². The van der Waals surface area contributed by atoms with E-state index >= 15 is 0 Å². The Morgan fingerprint density at radius 1 is 1.59 bits per heavy atom. The summed E-state index contributed by atoms with van der Waals surface area (Å²) in [6, 6.07) is 7.62. The number of nitrogens with zero attached hydrogens (tertiary/aromatic N) is 1. The zero-order valence-electron chi connectivity index (χ0n) is 9.61. The van der Waals surface area contributed by atoms with Crippen LogP contribution in [0.4, 0.5) is 0 Å². The lowest BCUT2D eigenvalue weighted by molar-refractivity contribution is 0.285. The minimum Gasteiger partial charge on any atom is -0.485 e. The van der Waals surface area contributed by atoms with Gasteiger partial charge in [-0.1, -0.05) is 22.0 Å². The van der Waals surface area contributed by atoms with Gasteiger partial charge in [0.15, 0.2) is 5.11 Å². The molecule has 3 N–H and O–H groups in total. The molecule has 1 rings (SSSR count). The van der Waals surface area contributed by atoms with Gasteiger partial charge in [-0.05, 0) is 44.3 Å². The van der Waals surface area contributed by atoms with Gasteiger partial charge in [-0.2, -0.15) is 5.10 Å². The second-order valence-electron chi connectivity index (χ2n) is 3.45. The summed E-state index contributed by atoms with van der Waals surface area (Å²) in [5.74, 6) is 0.775. The molecule has 0 saturated heterocycles. The topological polar surface area (TPSA) is 59.6 Å². The SMILES string of the molecule is C/C(=N\NC(N)=S)C(C)Oc1cccc(Br)c1. The van der Waals surface area contributed by atoms with Gasteiger partial charge < -0.3 is 10.5 Å². The van der Waals surface area contributed by atoms with E-state index in [0.717, 1.165) is 15.9 Å². The number of rotatable bonds is 4. The van der Waals surface area contributed by atoms with Crippen molar-refractivity contribution in [1.82, 2.24) is 5.43 Å². The predicted molar refractivity (Wildman–Crippen MR) is 77.3 cm³/mol. The van der Waals surface area contributed by atoms with Gasteiger partial charge in [-0.25, -0.2) is 0 Å². The molecular weight excluding hydrogens is 302 g/mol. The van der Waals surface area contributed by atoms with Crippen molar-refractivity contribution in [1.29, 1.82) is 0 Å². The Bertz CT molecular complexity index is 436. The number of ether oxygens (including phenoxy) is 1. The predicted octanol–water partition coefficient (Wildman–Crippen LogP) is 2.43. The van der Waals surface area contributed by atoms with Crippen molar-refractivity contribution in [3.8, 4) is 5.75 Å². The highest BCUT2D eigenvalue weighted by Gasteiger charge is 2.08. The Hall–Kier alpha value is -1.14. The Morgan fingerprint density at radius 2 is 2.29 bits per heavy atom. The van der Waals surface area contributed by atoms with Gasteiger partial charge in [-0.15, -0.1) is 0 Å². The number of benzene rings is 1. The summed E-state index contributed by atoms with van der Waals surface area (Å²) < 4.78 is 6.67. The first-order valence-corrected chi connectivity index (χ1v) is 6.21. The molecule has 0 bridgehead atoms. The molecule has 0 radical (unpaired) electrons. The number of thiocarbonyl (C=S) groups is 1. The minimum absolute atomic E-state index is 0.138. The number of hydrazone groups is 1. The smallest absolute Gasteiger partial charge is 0.184 e. The Morgan fingerprint density at radius 3 is 2.88 bits per heavy atom. The van der Waals surface area contributed by atoms with E-state index < -0.39 is 0 Å². The second kappa shape index (κ2) is 6.56. The molecule has 0 heterocycles. The molecule has 0 saturated carbocycles. The summed E-state index contributed by atoms with van der Waals surface area (Å²) in [6.45, 7) is 3.74. The lowest BCUT2D eigenvalue weighted by Gasteiger charge is -2.14. The van der Waals surface area contributed by atoms with E-state index in [9.17, 15) is 0 Å². The molecule has 6 heteroatoms. The van der Waals surface area contributed by atoms with Crippen LogP contribution >= 0.6 is 28.1 Å². The van der Waals surface area contributed by atoms with Crippen LogP contribution in [-0.4, -0.2) is 16.9 Å². The fourth-order valence-corrected chi connectivity index (χ4v) is 1.49. The van der Waals surface area contributed by atoms with Gasteiger partial charge in [0.25, 0.3) is 0 Å². The maximum Gasteiger partial charge on any atom is 0.184 e. The van der Waals surface area contributed by atoms with E-state index in [4.69, 9.17) is 10.5 Å². The van der Waals surface area contributed by atoms with Crippen LogP contribution in [0.3, 0.4) is 0 Å². The summed E-state index contributed by atoms with van der Waals surface area (Å²) in [5, 5.41) is 4.14. The maximum absolute atomic E-state index is 5.70. The molecule has 1 aromatic carbocycles. The first-order valence-electron chi connectivity index (χ1n) is 5.01. The van der Waals surface area contributed by atoms with Crippen molar-refractivity contribution in [2.45, 2.75) is 20.0 Å². The van der Waals surface area contributed by atoms with Crippen molar-refractivity contribution in [3.63, 3.8) is 0 Å². The molecule has 1 atom stereocenters. The molecule has 0 aliphatic heterocycles. The second-order valence-corrected chi connectivity index (χ2v) is 4.80. The van der Waals surface area contributed by atoms with E-state index in [1.165, 1.54) is 0 Å². The van der Waals surface area contributed by atoms with Crippen LogP contribution in [0.2, 0.25) is 0 Å². The fourth-order valence-electron chi connectivity index (χ4n) is 1.06. The molecule has 0 spiro atoms. The van der Waals surface area contributed by atoms with Crippen LogP contribution in [0, 0.1) is 0 Å². The summed E-state index contributed by atoms with van der Waals surface area (Å²) in [4.78, 5) is 0. The van der Waals surface area contributed by atoms with Crippen molar-refractivity contribution in [3.05, 3.63) is 28.7 Å². The van der Waals surface area contributed by atoms with Gasteiger partial charge in [0.2, 0.25) is 0 Å². The van der Waals surface area contributed by atoms with Crippen LogP contribution in [0.25, 0.3) is 0 Å². The van der Waals surface area contributed by atoms with Gasteiger partial charge in [0, 0.05) is 4.47 Å². The zero-order chi connectivity index (χ0) is 12.8. The van der Waals surface area contributed by atoms with E-state index in [0.29, 0.717) is 0 Å². The molecule has 0 aromatic heterocycles. The van der Waals surface area contributed by atoms with Crippen LogP contribution in [0.5, 0.6) is 5.75 Å². The molecule has 0 amide bonds. The third-order valence-electron chi connectivity index (χ3n) is 2.04. The van der Waals surface area contributed by atoms with Crippen molar-refractivity contribution < 1.29 is 4.74 Å². The Labute approximate surface area is 114 Å². The molecule has 0 aliphatic rings. The lowest BCUT2D eigenvalue weighted by atomic mass is 10.2. The molecule has 17 heavy (non-hydrogen) atoms. The minimum atomic E-state index is -0.161. The maximum atomic E-state index is 5.70. The summed E-state index contributed by atoms with van der Waals surface area (Å²) in [7, 11) is 0. The third-order valence-corrected chi connectivity index (χ3v) is 2.62. The summed E-state index contributed by atoms with van der Waals surface area (Å²) >= 11 is 8.04. The van der Waals surface area contributed by atoms with E-state index in [-0.39, 0.29) is 11.2 Å². The quantitative estimate of drug-likeness (QED) is 0.509. The van der Waals surface area contributed by atoms with E-state index in [1.807, 2.05) is 38.1 Å². The number of nitrogens with one attached hydrogen (secondary N) is 1. The van der Waals surface area contributed by atoms with E-state index in [1.54, 1.807) is 0 Å². The zero-order valence-corrected chi connectivity index (χ0v) is 12.0. The average Bonchev–Trinajstić information content (AvgIpc) is 2.25. The first-order chi connectivity index (χ1) is 7.99.